The molecule has 0 spiro atoms. The maximum Gasteiger partial charge on any atom is 0.226 e. The lowest BCUT2D eigenvalue weighted by Gasteiger charge is -2.26. The van der Waals surface area contributed by atoms with E-state index in [9.17, 15) is 4.79 Å². The van der Waals surface area contributed by atoms with E-state index in [4.69, 9.17) is 0 Å². The maximum absolute atomic E-state index is 12.0. The van der Waals surface area contributed by atoms with Crippen LogP contribution in [-0.4, -0.2) is 25.0 Å². The number of rotatable bonds is 4. The Hall–Kier alpha value is -0.570. The third-order valence-electron chi connectivity index (χ3n) is 3.70. The molecule has 2 rings (SSSR count). The zero-order chi connectivity index (χ0) is 10.7. The van der Waals surface area contributed by atoms with E-state index in [-0.39, 0.29) is 5.41 Å². The highest BCUT2D eigenvalue weighted by atomic mass is 16.2. The quantitative estimate of drug-likeness (QED) is 0.737. The van der Waals surface area contributed by atoms with Crippen LogP contribution >= 0.6 is 0 Å². The van der Waals surface area contributed by atoms with Crippen LogP contribution in [0.25, 0.3) is 0 Å². The van der Waals surface area contributed by atoms with Crippen molar-refractivity contribution < 1.29 is 4.79 Å². The zero-order valence-electron chi connectivity index (χ0n) is 9.64. The molecule has 1 heterocycles. The molecular weight excluding hydrogens is 188 g/mol. The molecule has 15 heavy (non-hydrogen) atoms. The average molecular weight is 210 g/mol. The normalized spacial score (nSPS) is 28.5. The molecule has 1 aliphatic carbocycles. The second-order valence-corrected chi connectivity index (χ2v) is 5.05. The molecule has 3 nitrogen and oxygen atoms in total. The molecule has 1 aliphatic heterocycles. The Labute approximate surface area is 92.0 Å². The first kappa shape index (κ1) is 10.9. The van der Waals surface area contributed by atoms with Gasteiger partial charge in [-0.1, -0.05) is 13.3 Å². The Bertz CT molecular complexity index is 230. The monoisotopic (exact) mass is 210 g/mol. The summed E-state index contributed by atoms with van der Waals surface area (Å²) in [5.41, 5.74) is 0.0339. The minimum absolute atomic E-state index is 0.0339. The van der Waals surface area contributed by atoms with E-state index >= 15 is 0 Å². The maximum atomic E-state index is 12.0. The molecule has 2 N–H and O–H groups in total. The molecule has 0 aromatic carbocycles. The smallest absolute Gasteiger partial charge is 0.226 e. The summed E-state index contributed by atoms with van der Waals surface area (Å²) in [6.45, 7) is 4.22. The van der Waals surface area contributed by atoms with Crippen molar-refractivity contribution in [1.29, 1.82) is 0 Å². The topological polar surface area (TPSA) is 41.1 Å². The molecule has 1 amide bonds. The lowest BCUT2D eigenvalue weighted by Crippen LogP contribution is -2.47. The van der Waals surface area contributed by atoms with Crippen LogP contribution in [0.15, 0.2) is 0 Å². The van der Waals surface area contributed by atoms with Gasteiger partial charge in [-0.25, -0.2) is 0 Å². The fourth-order valence-corrected chi connectivity index (χ4v) is 2.53. The van der Waals surface area contributed by atoms with Crippen molar-refractivity contribution in [2.24, 2.45) is 5.41 Å². The van der Waals surface area contributed by atoms with Gasteiger partial charge in [0.25, 0.3) is 0 Å². The van der Waals surface area contributed by atoms with Gasteiger partial charge >= 0.3 is 0 Å². The van der Waals surface area contributed by atoms with Crippen molar-refractivity contribution in [2.45, 2.75) is 51.5 Å². The highest BCUT2D eigenvalue weighted by molar-refractivity contribution is 5.85. The molecule has 1 saturated heterocycles. The first-order chi connectivity index (χ1) is 7.27. The summed E-state index contributed by atoms with van der Waals surface area (Å²) in [5.74, 6) is 0.318. The third-order valence-corrected chi connectivity index (χ3v) is 3.70. The van der Waals surface area contributed by atoms with Gasteiger partial charge in [0.1, 0.15) is 0 Å². The minimum atomic E-state index is 0.0339. The summed E-state index contributed by atoms with van der Waals surface area (Å²) in [5, 5.41) is 6.53. The van der Waals surface area contributed by atoms with Crippen LogP contribution in [-0.2, 0) is 4.79 Å². The van der Waals surface area contributed by atoms with E-state index in [0.29, 0.717) is 11.9 Å². The van der Waals surface area contributed by atoms with Gasteiger partial charge in [0.15, 0.2) is 0 Å². The molecule has 0 radical (unpaired) electrons. The molecule has 0 aromatic rings. The Morgan fingerprint density at radius 1 is 1.53 bits per heavy atom. The second-order valence-electron chi connectivity index (χ2n) is 5.05. The number of amides is 1. The molecule has 86 valence electrons. The fourth-order valence-electron chi connectivity index (χ4n) is 2.53. The predicted molar refractivity (Wildman–Crippen MR) is 60.6 cm³/mol. The Kier molecular flexibility index (Phi) is 3.29. The first-order valence-electron chi connectivity index (χ1n) is 6.28. The molecule has 0 unspecified atom stereocenters. The van der Waals surface area contributed by atoms with Gasteiger partial charge in [-0.15, -0.1) is 0 Å². The SMILES string of the molecule is CCCC1(C(=O)N[C@H]2CCCNC2)CC1. The highest BCUT2D eigenvalue weighted by Crippen LogP contribution is 2.49. The largest absolute Gasteiger partial charge is 0.352 e. The van der Waals surface area contributed by atoms with Crippen molar-refractivity contribution in [3.63, 3.8) is 0 Å². The number of hydrogen-bond acceptors (Lipinski definition) is 2. The lowest BCUT2D eigenvalue weighted by atomic mass is 9.98. The Morgan fingerprint density at radius 2 is 2.33 bits per heavy atom. The van der Waals surface area contributed by atoms with Gasteiger partial charge in [0.2, 0.25) is 5.91 Å². The molecule has 0 bridgehead atoms. The van der Waals surface area contributed by atoms with Gasteiger partial charge in [0, 0.05) is 18.0 Å². The lowest BCUT2D eigenvalue weighted by molar-refractivity contribution is -0.127. The number of piperidine rings is 1. The standard InChI is InChI=1S/C12H22N2O/c1-2-5-12(6-7-12)11(15)14-10-4-3-8-13-9-10/h10,13H,2-9H2,1H3,(H,14,15)/t10-/m0/s1. The van der Waals surface area contributed by atoms with E-state index in [2.05, 4.69) is 17.6 Å². The van der Waals surface area contributed by atoms with Gasteiger partial charge < -0.3 is 10.6 Å². The average Bonchev–Trinajstić information content (AvgIpc) is 3.01. The Balaban J connectivity index is 1.80. The van der Waals surface area contributed by atoms with Crippen LogP contribution in [0.3, 0.4) is 0 Å². The van der Waals surface area contributed by atoms with E-state index in [1.165, 1.54) is 6.42 Å². The molecule has 0 aromatic heterocycles. The molecule has 2 aliphatic rings. The van der Waals surface area contributed by atoms with E-state index < -0.39 is 0 Å². The molecule has 3 heteroatoms. The van der Waals surface area contributed by atoms with Crippen molar-refractivity contribution in [3.8, 4) is 0 Å². The summed E-state index contributed by atoms with van der Waals surface area (Å²) >= 11 is 0. The second kappa shape index (κ2) is 4.52. The van der Waals surface area contributed by atoms with Crippen molar-refractivity contribution in [2.75, 3.05) is 13.1 Å². The van der Waals surface area contributed by atoms with Crippen LogP contribution < -0.4 is 10.6 Å². The minimum Gasteiger partial charge on any atom is -0.352 e. The summed E-state index contributed by atoms with van der Waals surface area (Å²) in [6, 6.07) is 0.376. The van der Waals surface area contributed by atoms with Crippen LogP contribution in [0, 0.1) is 5.41 Å². The molecule has 1 atom stereocenters. The summed E-state index contributed by atoms with van der Waals surface area (Å²) in [7, 11) is 0. The predicted octanol–water partition coefficient (Wildman–Crippen LogP) is 1.43. The van der Waals surface area contributed by atoms with Gasteiger partial charge in [-0.3, -0.25) is 4.79 Å². The number of carbonyl (C=O) groups is 1. The number of hydrogen-bond donors (Lipinski definition) is 2. The van der Waals surface area contributed by atoms with E-state index in [1.807, 2.05) is 0 Å². The van der Waals surface area contributed by atoms with Crippen molar-refractivity contribution in [1.82, 2.24) is 10.6 Å². The van der Waals surface area contributed by atoms with Crippen LogP contribution in [0.2, 0.25) is 0 Å². The van der Waals surface area contributed by atoms with Crippen LogP contribution in [0.1, 0.15) is 45.4 Å². The van der Waals surface area contributed by atoms with E-state index in [0.717, 1.165) is 45.2 Å². The molecule has 2 fully saturated rings. The summed E-state index contributed by atoms with van der Waals surface area (Å²) in [6.07, 6.45) is 6.72. The fraction of sp³-hybridized carbons (Fsp3) is 0.917. The van der Waals surface area contributed by atoms with Crippen molar-refractivity contribution >= 4 is 5.91 Å². The number of carbonyl (C=O) groups excluding carboxylic acids is 1. The summed E-state index contributed by atoms with van der Waals surface area (Å²) < 4.78 is 0. The first-order valence-corrected chi connectivity index (χ1v) is 6.28. The zero-order valence-corrected chi connectivity index (χ0v) is 9.64. The Morgan fingerprint density at radius 3 is 2.87 bits per heavy atom. The molecular formula is C12H22N2O. The van der Waals surface area contributed by atoms with Crippen LogP contribution in [0.4, 0.5) is 0 Å². The van der Waals surface area contributed by atoms with Crippen LogP contribution in [0.5, 0.6) is 0 Å². The van der Waals surface area contributed by atoms with E-state index in [1.54, 1.807) is 0 Å². The van der Waals surface area contributed by atoms with Gasteiger partial charge in [-0.05, 0) is 38.6 Å². The van der Waals surface area contributed by atoms with Gasteiger partial charge in [-0.2, -0.15) is 0 Å². The highest BCUT2D eigenvalue weighted by Gasteiger charge is 2.48. The number of nitrogens with one attached hydrogen (secondary N) is 2. The molecule has 1 saturated carbocycles. The third kappa shape index (κ3) is 2.51. The van der Waals surface area contributed by atoms with Gasteiger partial charge in [0.05, 0.1) is 0 Å². The summed E-state index contributed by atoms with van der Waals surface area (Å²) in [4.78, 5) is 12.0. The van der Waals surface area contributed by atoms with Crippen molar-refractivity contribution in [3.05, 3.63) is 0 Å².